The van der Waals surface area contributed by atoms with Crippen LogP contribution in [0.1, 0.15) is 26.6 Å². The van der Waals surface area contributed by atoms with E-state index in [1.165, 1.54) is 0 Å². The van der Waals surface area contributed by atoms with Gasteiger partial charge in [-0.2, -0.15) is 5.10 Å². The van der Waals surface area contributed by atoms with Crippen molar-refractivity contribution in [1.82, 2.24) is 14.6 Å². The van der Waals surface area contributed by atoms with Crippen molar-refractivity contribution in [3.63, 3.8) is 0 Å². The molecule has 74 valence electrons. The quantitative estimate of drug-likeness (QED) is 0.668. The molecule has 0 bridgehead atoms. The van der Waals surface area contributed by atoms with Gasteiger partial charge in [0, 0.05) is 5.41 Å². The van der Waals surface area contributed by atoms with E-state index in [1.807, 2.05) is 12.1 Å². The molecule has 2 aromatic heterocycles. The zero-order valence-electron chi connectivity index (χ0n) is 8.45. The van der Waals surface area contributed by atoms with Crippen molar-refractivity contribution < 1.29 is 0 Å². The second kappa shape index (κ2) is 2.95. The summed E-state index contributed by atoms with van der Waals surface area (Å²) in [5.74, 6) is 0.795. The van der Waals surface area contributed by atoms with Gasteiger partial charge in [-0.3, -0.25) is 0 Å². The van der Waals surface area contributed by atoms with Crippen molar-refractivity contribution in [3.8, 4) is 0 Å². The molecule has 3 nitrogen and oxygen atoms in total. The molecular weight excluding hydrogens is 198 g/mol. The van der Waals surface area contributed by atoms with Gasteiger partial charge in [0.2, 0.25) is 0 Å². The molecule has 0 spiro atoms. The third-order valence-corrected chi connectivity index (χ3v) is 2.31. The average molecular weight is 210 g/mol. The summed E-state index contributed by atoms with van der Waals surface area (Å²) in [6, 6.07) is 3.72. The Labute approximate surface area is 87.7 Å². The number of nitrogens with zero attached hydrogens (tertiary/aromatic N) is 3. The molecule has 0 atom stereocenters. The number of aromatic nitrogens is 3. The smallest absolute Gasteiger partial charge is 0.154 e. The first-order valence-corrected chi connectivity index (χ1v) is 4.87. The highest BCUT2D eigenvalue weighted by Crippen LogP contribution is 2.19. The van der Waals surface area contributed by atoms with E-state index in [1.54, 1.807) is 10.7 Å². The fourth-order valence-electron chi connectivity index (χ4n) is 1.21. The lowest BCUT2D eigenvalue weighted by molar-refractivity contribution is 0.529. The van der Waals surface area contributed by atoms with Crippen LogP contribution >= 0.6 is 11.6 Å². The second-order valence-corrected chi connectivity index (χ2v) is 4.71. The Morgan fingerprint density at radius 2 is 2.00 bits per heavy atom. The molecule has 0 aliphatic carbocycles. The Morgan fingerprint density at radius 3 is 2.64 bits per heavy atom. The van der Waals surface area contributed by atoms with Crippen molar-refractivity contribution in [3.05, 3.63) is 29.3 Å². The van der Waals surface area contributed by atoms with E-state index < -0.39 is 0 Å². The lowest BCUT2D eigenvalue weighted by Crippen LogP contribution is -2.17. The molecule has 2 heterocycles. The van der Waals surface area contributed by atoms with Gasteiger partial charge in [0.1, 0.15) is 5.15 Å². The molecule has 0 radical (unpaired) electrons. The molecular formula is C10H12ClN3. The Bertz CT molecular complexity index is 468. The van der Waals surface area contributed by atoms with E-state index in [4.69, 9.17) is 11.6 Å². The van der Waals surface area contributed by atoms with Crippen molar-refractivity contribution >= 4 is 17.1 Å². The van der Waals surface area contributed by atoms with Crippen LogP contribution in [-0.4, -0.2) is 14.6 Å². The van der Waals surface area contributed by atoms with Gasteiger partial charge < -0.3 is 0 Å². The maximum atomic E-state index is 5.97. The minimum atomic E-state index is -0.0538. The van der Waals surface area contributed by atoms with Crippen LogP contribution in [-0.2, 0) is 5.41 Å². The van der Waals surface area contributed by atoms with Crippen molar-refractivity contribution in [2.24, 2.45) is 0 Å². The molecule has 2 rings (SSSR count). The first kappa shape index (κ1) is 9.46. The summed E-state index contributed by atoms with van der Waals surface area (Å²) < 4.78 is 1.70. The maximum Gasteiger partial charge on any atom is 0.154 e. The minimum absolute atomic E-state index is 0.0538. The fourth-order valence-corrected chi connectivity index (χ4v) is 1.41. The van der Waals surface area contributed by atoms with Gasteiger partial charge in [0.15, 0.2) is 5.82 Å². The lowest BCUT2D eigenvalue weighted by Gasteiger charge is -2.15. The summed E-state index contributed by atoms with van der Waals surface area (Å²) in [6.45, 7) is 6.22. The van der Waals surface area contributed by atoms with E-state index in [0.717, 1.165) is 11.3 Å². The van der Waals surface area contributed by atoms with E-state index in [2.05, 4.69) is 30.9 Å². The summed E-state index contributed by atoms with van der Waals surface area (Å²) in [7, 11) is 0. The fraction of sp³-hybridized carbons (Fsp3) is 0.400. The molecule has 4 heteroatoms. The lowest BCUT2D eigenvalue weighted by atomic mass is 9.96. The molecule has 0 saturated heterocycles. The van der Waals surface area contributed by atoms with Gasteiger partial charge in [-0.05, 0) is 12.1 Å². The highest BCUT2D eigenvalue weighted by molar-refractivity contribution is 6.29. The minimum Gasteiger partial charge on any atom is -0.237 e. The monoisotopic (exact) mass is 209 g/mol. The van der Waals surface area contributed by atoms with Crippen LogP contribution in [0.25, 0.3) is 5.52 Å². The molecule has 0 aliphatic rings. The van der Waals surface area contributed by atoms with Gasteiger partial charge >= 0.3 is 0 Å². The summed E-state index contributed by atoms with van der Waals surface area (Å²) in [4.78, 5) is 4.30. The Balaban J connectivity index is 2.66. The molecule has 0 fully saturated rings. The van der Waals surface area contributed by atoms with Gasteiger partial charge in [-0.1, -0.05) is 32.4 Å². The zero-order chi connectivity index (χ0) is 10.3. The normalized spacial score (nSPS) is 12.3. The molecule has 0 saturated carbocycles. The number of halogens is 1. The predicted molar refractivity (Wildman–Crippen MR) is 56.7 cm³/mol. The largest absolute Gasteiger partial charge is 0.237 e. The number of rotatable bonds is 0. The molecule has 14 heavy (non-hydrogen) atoms. The summed E-state index contributed by atoms with van der Waals surface area (Å²) >= 11 is 5.97. The van der Waals surface area contributed by atoms with Crippen LogP contribution in [0.4, 0.5) is 0 Å². The summed E-state index contributed by atoms with van der Waals surface area (Å²) in [5.41, 5.74) is 0.866. The average Bonchev–Trinajstić information content (AvgIpc) is 2.46. The topological polar surface area (TPSA) is 30.2 Å². The van der Waals surface area contributed by atoms with Crippen LogP contribution in [0, 0.1) is 0 Å². The molecule has 2 aromatic rings. The molecule has 0 unspecified atom stereocenters. The van der Waals surface area contributed by atoms with E-state index >= 15 is 0 Å². The molecule has 0 amide bonds. The van der Waals surface area contributed by atoms with Crippen molar-refractivity contribution in [2.75, 3.05) is 0 Å². The third-order valence-electron chi connectivity index (χ3n) is 2.02. The zero-order valence-corrected chi connectivity index (χ0v) is 9.21. The SMILES string of the molecule is CC(C)(C)c1ncc2ccc(Cl)n2n1. The number of hydrogen-bond acceptors (Lipinski definition) is 2. The molecule has 0 aromatic carbocycles. The van der Waals surface area contributed by atoms with Crippen molar-refractivity contribution in [2.45, 2.75) is 26.2 Å². The van der Waals surface area contributed by atoms with Gasteiger partial charge in [0.05, 0.1) is 11.7 Å². The summed E-state index contributed by atoms with van der Waals surface area (Å²) in [6.07, 6.45) is 1.79. The van der Waals surface area contributed by atoms with Crippen LogP contribution in [0.5, 0.6) is 0 Å². The van der Waals surface area contributed by atoms with Crippen LogP contribution < -0.4 is 0 Å². The number of hydrogen-bond donors (Lipinski definition) is 0. The first-order chi connectivity index (χ1) is 6.48. The van der Waals surface area contributed by atoms with E-state index in [-0.39, 0.29) is 5.41 Å². The van der Waals surface area contributed by atoms with Crippen molar-refractivity contribution in [1.29, 1.82) is 0 Å². The van der Waals surface area contributed by atoms with Crippen LogP contribution in [0.15, 0.2) is 18.3 Å². The Hall–Kier alpha value is -1.09. The van der Waals surface area contributed by atoms with E-state index in [9.17, 15) is 0 Å². The van der Waals surface area contributed by atoms with Gasteiger partial charge in [-0.15, -0.1) is 0 Å². The standard InChI is InChI=1S/C10H12ClN3/c1-10(2,3)9-12-6-7-4-5-8(11)14(7)13-9/h4-6H,1-3H3. The Morgan fingerprint density at radius 1 is 1.29 bits per heavy atom. The van der Waals surface area contributed by atoms with E-state index in [0.29, 0.717) is 5.15 Å². The Kier molecular flexibility index (Phi) is 2.00. The molecule has 0 N–H and O–H groups in total. The highest BCUT2D eigenvalue weighted by atomic mass is 35.5. The number of fused-ring (bicyclic) bond motifs is 1. The van der Waals surface area contributed by atoms with Gasteiger partial charge in [-0.25, -0.2) is 9.50 Å². The maximum absolute atomic E-state index is 5.97. The van der Waals surface area contributed by atoms with Crippen LogP contribution in [0.3, 0.4) is 0 Å². The highest BCUT2D eigenvalue weighted by Gasteiger charge is 2.18. The predicted octanol–water partition coefficient (Wildman–Crippen LogP) is 2.68. The van der Waals surface area contributed by atoms with Gasteiger partial charge in [0.25, 0.3) is 0 Å². The summed E-state index contributed by atoms with van der Waals surface area (Å²) in [5, 5.41) is 5.00. The third kappa shape index (κ3) is 1.48. The first-order valence-electron chi connectivity index (χ1n) is 4.49. The second-order valence-electron chi connectivity index (χ2n) is 4.32. The van der Waals surface area contributed by atoms with Crippen LogP contribution in [0.2, 0.25) is 5.15 Å². The molecule has 0 aliphatic heterocycles.